The molecule has 0 aliphatic carbocycles. The number of para-hydroxylation sites is 2. The van der Waals surface area contributed by atoms with Crippen LogP contribution in [0.1, 0.15) is 5.69 Å². The van der Waals surface area contributed by atoms with Gasteiger partial charge in [-0.05, 0) is 19.1 Å². The topological polar surface area (TPSA) is 115 Å². The number of nitrogens with zero attached hydrogens (tertiary/aromatic N) is 3. The van der Waals surface area contributed by atoms with Crippen LogP contribution in [0.4, 0.5) is 11.5 Å². The monoisotopic (exact) mass is 419 g/mol. The van der Waals surface area contributed by atoms with E-state index in [9.17, 15) is 14.4 Å². The number of hydrogen-bond acceptors (Lipinski definition) is 8. The average Bonchev–Trinajstić information content (AvgIpc) is 3.04. The molecule has 0 spiro atoms. The molecule has 11 heteroatoms. The zero-order chi connectivity index (χ0) is 20.1. The lowest BCUT2D eigenvalue weighted by Gasteiger charge is -2.09. The summed E-state index contributed by atoms with van der Waals surface area (Å²) < 4.78 is 6.60. The Morgan fingerprint density at radius 2 is 1.93 bits per heavy atom. The zero-order valence-corrected chi connectivity index (χ0v) is 16.7. The molecule has 0 aliphatic heterocycles. The number of thioether (sulfide) groups is 1. The Hall–Kier alpha value is -2.92. The van der Waals surface area contributed by atoms with Crippen molar-refractivity contribution in [2.75, 3.05) is 29.2 Å². The van der Waals surface area contributed by atoms with E-state index < -0.39 is 5.56 Å². The summed E-state index contributed by atoms with van der Waals surface area (Å²) in [6.07, 6.45) is 0. The smallest absolute Gasteiger partial charge is 0.295 e. The Balaban J connectivity index is 1.51. The first-order chi connectivity index (χ1) is 13.5. The lowest BCUT2D eigenvalue weighted by Crippen LogP contribution is -2.20. The molecule has 0 saturated heterocycles. The van der Waals surface area contributed by atoms with Crippen molar-refractivity contribution in [1.29, 1.82) is 0 Å². The van der Waals surface area contributed by atoms with Crippen LogP contribution in [-0.2, 0) is 9.59 Å². The molecule has 0 unspecified atom stereocenters. The number of rotatable bonds is 7. The number of benzene rings is 1. The number of nitrogens with one attached hydrogen (secondary N) is 2. The summed E-state index contributed by atoms with van der Waals surface area (Å²) in [5.74, 6) is 0.678. The van der Waals surface area contributed by atoms with Gasteiger partial charge < -0.3 is 15.4 Å². The third-order valence-electron chi connectivity index (χ3n) is 3.56. The van der Waals surface area contributed by atoms with Gasteiger partial charge in [0, 0.05) is 5.38 Å². The van der Waals surface area contributed by atoms with Crippen molar-refractivity contribution in [1.82, 2.24) is 14.6 Å². The van der Waals surface area contributed by atoms with E-state index in [1.165, 1.54) is 34.7 Å². The number of aryl methyl sites for hydroxylation is 1. The van der Waals surface area contributed by atoms with Gasteiger partial charge in [0.1, 0.15) is 17.3 Å². The highest BCUT2D eigenvalue weighted by molar-refractivity contribution is 8.00. The average molecular weight is 419 g/mol. The SMILES string of the molecule is COc1ccccc1NC(=O)CSCC(=O)Nc1csc2nc(=O)c(C)nn12. The van der Waals surface area contributed by atoms with Gasteiger partial charge in [-0.3, -0.25) is 14.4 Å². The first-order valence-electron chi connectivity index (χ1n) is 8.13. The van der Waals surface area contributed by atoms with Gasteiger partial charge in [-0.25, -0.2) is 0 Å². The van der Waals surface area contributed by atoms with Gasteiger partial charge in [0.05, 0.1) is 24.3 Å². The Kier molecular flexibility index (Phi) is 6.26. The van der Waals surface area contributed by atoms with E-state index in [0.717, 1.165) is 0 Å². The van der Waals surface area contributed by atoms with Crippen LogP contribution < -0.4 is 20.9 Å². The molecule has 2 N–H and O–H groups in total. The van der Waals surface area contributed by atoms with E-state index in [1.807, 2.05) is 6.07 Å². The number of methoxy groups -OCH3 is 1. The lowest BCUT2D eigenvalue weighted by atomic mass is 10.3. The van der Waals surface area contributed by atoms with E-state index in [1.54, 1.807) is 30.5 Å². The number of amides is 2. The molecule has 0 fully saturated rings. The van der Waals surface area contributed by atoms with Crippen molar-refractivity contribution < 1.29 is 14.3 Å². The Morgan fingerprint density at radius 1 is 1.21 bits per heavy atom. The van der Waals surface area contributed by atoms with Crippen molar-refractivity contribution in [2.45, 2.75) is 6.92 Å². The zero-order valence-electron chi connectivity index (χ0n) is 15.1. The maximum absolute atomic E-state index is 12.1. The van der Waals surface area contributed by atoms with Gasteiger partial charge in [0.15, 0.2) is 0 Å². The summed E-state index contributed by atoms with van der Waals surface area (Å²) >= 11 is 2.38. The third-order valence-corrected chi connectivity index (χ3v) is 5.31. The second kappa shape index (κ2) is 8.85. The standard InChI is InChI=1S/C17H17N5O4S2/c1-10-16(25)20-17-22(21-10)13(7-28-17)19-15(24)9-27-8-14(23)18-11-5-3-4-6-12(11)26-2/h3-7H,8-9H2,1-2H3,(H,18,23)(H,19,24). The number of carbonyl (C=O) groups is 2. The van der Waals surface area contributed by atoms with E-state index in [2.05, 4.69) is 20.7 Å². The third kappa shape index (κ3) is 4.67. The van der Waals surface area contributed by atoms with Crippen molar-refractivity contribution in [3.8, 4) is 5.75 Å². The summed E-state index contributed by atoms with van der Waals surface area (Å²) in [7, 11) is 1.53. The molecule has 0 bridgehead atoms. The number of ether oxygens (including phenoxy) is 1. The van der Waals surface area contributed by atoms with E-state index >= 15 is 0 Å². The van der Waals surface area contributed by atoms with Crippen LogP contribution in [0.15, 0.2) is 34.4 Å². The number of anilines is 2. The summed E-state index contributed by atoms with van der Waals surface area (Å²) in [4.78, 5) is 40.0. The molecule has 146 valence electrons. The molecule has 9 nitrogen and oxygen atoms in total. The molecule has 2 amide bonds. The molecule has 3 aromatic rings. The highest BCUT2D eigenvalue weighted by Crippen LogP contribution is 2.23. The van der Waals surface area contributed by atoms with Crippen LogP contribution in [0, 0.1) is 6.92 Å². The molecule has 0 radical (unpaired) electrons. The van der Waals surface area contributed by atoms with Crippen LogP contribution in [-0.4, -0.2) is 45.0 Å². The molecule has 1 aromatic carbocycles. The van der Waals surface area contributed by atoms with Gasteiger partial charge >= 0.3 is 0 Å². The predicted octanol–water partition coefficient (Wildman–Crippen LogP) is 1.78. The van der Waals surface area contributed by atoms with Crippen molar-refractivity contribution in [2.24, 2.45) is 0 Å². The van der Waals surface area contributed by atoms with Crippen molar-refractivity contribution >= 4 is 51.4 Å². The quantitative estimate of drug-likeness (QED) is 0.600. The normalized spacial score (nSPS) is 10.6. The van der Waals surface area contributed by atoms with E-state index in [4.69, 9.17) is 4.74 Å². The molecule has 28 heavy (non-hydrogen) atoms. The van der Waals surface area contributed by atoms with Gasteiger partial charge in [-0.15, -0.1) is 23.1 Å². The van der Waals surface area contributed by atoms with Gasteiger partial charge in [0.2, 0.25) is 16.8 Å². The number of hydrogen-bond donors (Lipinski definition) is 2. The summed E-state index contributed by atoms with van der Waals surface area (Å²) in [5.41, 5.74) is 0.429. The molecule has 0 atom stereocenters. The number of aromatic nitrogens is 3. The molecule has 2 aromatic heterocycles. The Bertz CT molecular complexity index is 1080. The van der Waals surface area contributed by atoms with Crippen LogP contribution in [0.5, 0.6) is 5.75 Å². The first-order valence-corrected chi connectivity index (χ1v) is 10.2. The minimum atomic E-state index is -0.392. The molecule has 2 heterocycles. The maximum atomic E-state index is 12.1. The molecule has 0 aliphatic rings. The summed E-state index contributed by atoms with van der Waals surface area (Å²) in [6.45, 7) is 1.56. The highest BCUT2D eigenvalue weighted by atomic mass is 32.2. The summed E-state index contributed by atoms with van der Waals surface area (Å²) in [5, 5.41) is 11.2. The largest absolute Gasteiger partial charge is 0.495 e. The molecule has 3 rings (SSSR count). The molecular weight excluding hydrogens is 402 g/mol. The number of thiazole rings is 1. The van der Waals surface area contributed by atoms with Crippen molar-refractivity contribution in [3.63, 3.8) is 0 Å². The fraction of sp³-hybridized carbons (Fsp3) is 0.235. The second-order valence-corrected chi connectivity index (χ2v) is 7.43. The van der Waals surface area contributed by atoms with Crippen molar-refractivity contribution in [3.05, 3.63) is 45.7 Å². The fourth-order valence-corrected chi connectivity index (χ4v) is 3.64. The Morgan fingerprint density at radius 3 is 2.68 bits per heavy atom. The van der Waals surface area contributed by atoms with E-state index in [-0.39, 0.29) is 29.0 Å². The minimum Gasteiger partial charge on any atom is -0.495 e. The van der Waals surface area contributed by atoms with E-state index in [0.29, 0.717) is 22.2 Å². The summed E-state index contributed by atoms with van der Waals surface area (Å²) in [6, 6.07) is 7.09. The fourth-order valence-electron chi connectivity index (χ4n) is 2.27. The highest BCUT2D eigenvalue weighted by Gasteiger charge is 2.12. The lowest BCUT2D eigenvalue weighted by molar-refractivity contribution is -0.114. The van der Waals surface area contributed by atoms with Crippen LogP contribution in [0.2, 0.25) is 0 Å². The maximum Gasteiger partial charge on any atom is 0.295 e. The Labute approximate surface area is 168 Å². The van der Waals surface area contributed by atoms with Gasteiger partial charge in [-0.2, -0.15) is 14.6 Å². The van der Waals surface area contributed by atoms with Gasteiger partial charge in [-0.1, -0.05) is 12.1 Å². The van der Waals surface area contributed by atoms with Gasteiger partial charge in [0.25, 0.3) is 5.56 Å². The number of carbonyl (C=O) groups excluding carboxylic acids is 2. The van der Waals surface area contributed by atoms with Crippen LogP contribution in [0.3, 0.4) is 0 Å². The predicted molar refractivity (Wildman–Crippen MR) is 109 cm³/mol. The van der Waals surface area contributed by atoms with Crippen LogP contribution >= 0.6 is 23.1 Å². The first kappa shape index (κ1) is 19.8. The molecular formula is C17H17N5O4S2. The minimum absolute atomic E-state index is 0.0866. The molecule has 0 saturated carbocycles. The second-order valence-electron chi connectivity index (χ2n) is 5.61. The van der Waals surface area contributed by atoms with Crippen LogP contribution in [0.25, 0.3) is 4.96 Å². The number of fused-ring (bicyclic) bond motifs is 1.